The molecule has 2 aromatic carbocycles. The number of rotatable bonds is 3. The molecule has 2 rings (SSSR count). The van der Waals surface area contributed by atoms with Gasteiger partial charge >= 0.3 is 0 Å². The lowest BCUT2D eigenvalue weighted by Crippen LogP contribution is -1.95. The Morgan fingerprint density at radius 1 is 1.15 bits per heavy atom. The Morgan fingerprint density at radius 3 is 2.45 bits per heavy atom. The monoisotopic (exact) mass is 376 g/mol. The second-order valence-corrected chi connectivity index (χ2v) is 5.67. The third-order valence-electron chi connectivity index (χ3n) is 2.53. The van der Waals surface area contributed by atoms with Crippen molar-refractivity contribution >= 4 is 44.9 Å². The first kappa shape index (κ1) is 15.3. The van der Waals surface area contributed by atoms with Gasteiger partial charge in [0.1, 0.15) is 5.75 Å². The quantitative estimate of drug-likeness (QED) is 0.492. The summed E-state index contributed by atoms with van der Waals surface area (Å²) in [4.78, 5) is 11.2. The van der Waals surface area contributed by atoms with Crippen LogP contribution in [0.3, 0.4) is 0 Å². The Hall–Kier alpha value is -1.10. The van der Waals surface area contributed by atoms with Crippen molar-refractivity contribution < 1.29 is 13.9 Å². The third kappa shape index (κ3) is 3.32. The number of halogens is 4. The molecule has 0 aromatic heterocycles. The molecule has 0 heterocycles. The van der Waals surface area contributed by atoms with E-state index in [0.717, 1.165) is 6.07 Å². The molecular formula is C14H8BrCl2FO2. The largest absolute Gasteiger partial charge is 0.453 e. The van der Waals surface area contributed by atoms with Crippen molar-refractivity contribution in [2.45, 2.75) is 6.92 Å². The first-order valence-corrected chi connectivity index (χ1v) is 7.06. The van der Waals surface area contributed by atoms with Crippen LogP contribution < -0.4 is 4.74 Å². The van der Waals surface area contributed by atoms with E-state index in [9.17, 15) is 9.18 Å². The molecule has 0 aliphatic heterocycles. The van der Waals surface area contributed by atoms with Crippen LogP contribution in [0.25, 0.3) is 0 Å². The molecular weight excluding hydrogens is 370 g/mol. The summed E-state index contributed by atoms with van der Waals surface area (Å²) in [5.74, 6) is -0.669. The van der Waals surface area contributed by atoms with Crippen molar-refractivity contribution in [3.8, 4) is 11.5 Å². The lowest BCUT2D eigenvalue weighted by atomic mass is 10.1. The zero-order valence-corrected chi connectivity index (χ0v) is 13.3. The average Bonchev–Trinajstić information content (AvgIpc) is 2.37. The maximum atomic E-state index is 13.8. The molecule has 0 saturated carbocycles. The molecule has 20 heavy (non-hydrogen) atoms. The van der Waals surface area contributed by atoms with E-state index in [2.05, 4.69) is 15.9 Å². The molecule has 0 amide bonds. The fourth-order valence-corrected chi connectivity index (χ4v) is 2.33. The maximum absolute atomic E-state index is 13.8. The van der Waals surface area contributed by atoms with Crippen LogP contribution in [0.2, 0.25) is 10.0 Å². The number of ketones is 1. The van der Waals surface area contributed by atoms with Gasteiger partial charge in [-0.3, -0.25) is 4.79 Å². The Morgan fingerprint density at radius 2 is 1.85 bits per heavy atom. The van der Waals surface area contributed by atoms with Crippen molar-refractivity contribution in [1.29, 1.82) is 0 Å². The molecule has 0 aliphatic carbocycles. The molecule has 0 radical (unpaired) electrons. The molecule has 104 valence electrons. The van der Waals surface area contributed by atoms with E-state index in [1.165, 1.54) is 25.1 Å². The summed E-state index contributed by atoms with van der Waals surface area (Å²) in [7, 11) is 0. The minimum absolute atomic E-state index is 0.0321. The summed E-state index contributed by atoms with van der Waals surface area (Å²) in [6, 6.07) is 7.01. The molecule has 0 fully saturated rings. The van der Waals surface area contributed by atoms with Gasteiger partial charge in [0.05, 0.1) is 10.0 Å². The lowest BCUT2D eigenvalue weighted by molar-refractivity contribution is 0.101. The first-order chi connectivity index (χ1) is 9.38. The molecule has 0 atom stereocenters. The predicted molar refractivity (Wildman–Crippen MR) is 80.6 cm³/mol. The lowest BCUT2D eigenvalue weighted by Gasteiger charge is -2.10. The van der Waals surface area contributed by atoms with Gasteiger partial charge in [-0.05, 0) is 47.1 Å². The summed E-state index contributed by atoms with van der Waals surface area (Å²) < 4.78 is 19.8. The summed E-state index contributed by atoms with van der Waals surface area (Å²) in [6.07, 6.45) is 0. The summed E-state index contributed by atoms with van der Waals surface area (Å²) >= 11 is 15.2. The van der Waals surface area contributed by atoms with E-state index in [-0.39, 0.29) is 27.9 Å². The standard InChI is InChI=1S/C14H8BrCl2FO2/c1-7(19)8-2-3-13(12(18)4-8)20-14-6-10(16)9(15)5-11(14)17/h2-6H,1H3. The number of ether oxygens (including phenoxy) is 1. The van der Waals surface area contributed by atoms with E-state index >= 15 is 0 Å². The van der Waals surface area contributed by atoms with Crippen molar-refractivity contribution in [2.75, 3.05) is 0 Å². The van der Waals surface area contributed by atoms with Crippen molar-refractivity contribution in [2.24, 2.45) is 0 Å². The smallest absolute Gasteiger partial charge is 0.166 e. The number of hydrogen-bond donors (Lipinski definition) is 0. The van der Waals surface area contributed by atoms with Gasteiger partial charge in [-0.1, -0.05) is 23.2 Å². The molecule has 0 bridgehead atoms. The van der Waals surface area contributed by atoms with E-state index < -0.39 is 5.82 Å². The number of carbonyl (C=O) groups is 1. The highest BCUT2D eigenvalue weighted by molar-refractivity contribution is 9.10. The second-order valence-electron chi connectivity index (χ2n) is 4.00. The van der Waals surface area contributed by atoms with Gasteiger partial charge < -0.3 is 4.74 Å². The zero-order chi connectivity index (χ0) is 14.9. The number of hydrogen-bond acceptors (Lipinski definition) is 2. The van der Waals surface area contributed by atoms with Crippen LogP contribution in [0.15, 0.2) is 34.8 Å². The van der Waals surface area contributed by atoms with E-state index in [0.29, 0.717) is 9.50 Å². The van der Waals surface area contributed by atoms with Crippen LogP contribution in [0.1, 0.15) is 17.3 Å². The minimum atomic E-state index is -0.646. The van der Waals surface area contributed by atoms with Crippen LogP contribution in [-0.4, -0.2) is 5.78 Å². The highest BCUT2D eigenvalue weighted by Gasteiger charge is 2.12. The van der Waals surface area contributed by atoms with Crippen molar-refractivity contribution in [3.05, 3.63) is 56.2 Å². The maximum Gasteiger partial charge on any atom is 0.166 e. The summed E-state index contributed by atoms with van der Waals surface area (Å²) in [5.41, 5.74) is 0.273. The summed E-state index contributed by atoms with van der Waals surface area (Å²) in [5, 5.41) is 0.682. The highest BCUT2D eigenvalue weighted by atomic mass is 79.9. The Balaban J connectivity index is 2.35. The SMILES string of the molecule is CC(=O)c1ccc(Oc2cc(Cl)c(Br)cc2Cl)c(F)c1. The van der Waals surface area contributed by atoms with E-state index in [1.54, 1.807) is 6.07 Å². The number of benzene rings is 2. The molecule has 2 nitrogen and oxygen atoms in total. The highest BCUT2D eigenvalue weighted by Crippen LogP contribution is 2.37. The van der Waals surface area contributed by atoms with E-state index in [4.69, 9.17) is 27.9 Å². The Labute approximate surface area is 133 Å². The second kappa shape index (κ2) is 6.12. The van der Waals surface area contributed by atoms with Gasteiger partial charge in [0.25, 0.3) is 0 Å². The first-order valence-electron chi connectivity index (χ1n) is 5.51. The number of Topliss-reactive ketones (excluding diaryl/α,β-unsaturated/α-hetero) is 1. The van der Waals surface area contributed by atoms with E-state index in [1.807, 2.05) is 0 Å². The third-order valence-corrected chi connectivity index (χ3v) is 4.03. The molecule has 2 aromatic rings. The van der Waals surface area contributed by atoms with Crippen molar-refractivity contribution in [1.82, 2.24) is 0 Å². The average molecular weight is 378 g/mol. The molecule has 0 N–H and O–H groups in total. The Bertz CT molecular complexity index is 689. The van der Waals surface area contributed by atoms with Gasteiger partial charge in [0.15, 0.2) is 17.3 Å². The molecule has 0 spiro atoms. The molecule has 0 aliphatic rings. The van der Waals surface area contributed by atoms with Gasteiger partial charge in [-0.15, -0.1) is 0 Å². The van der Waals surface area contributed by atoms with Crippen LogP contribution in [0.4, 0.5) is 4.39 Å². The predicted octanol–water partition coefficient (Wildman–Crippen LogP) is 5.89. The van der Waals surface area contributed by atoms with Gasteiger partial charge in [-0.25, -0.2) is 4.39 Å². The fourth-order valence-electron chi connectivity index (χ4n) is 1.50. The molecule has 0 unspecified atom stereocenters. The Kier molecular flexibility index (Phi) is 4.68. The fraction of sp³-hybridized carbons (Fsp3) is 0.0714. The van der Waals surface area contributed by atoms with Crippen LogP contribution in [-0.2, 0) is 0 Å². The minimum Gasteiger partial charge on any atom is -0.453 e. The molecule has 0 saturated heterocycles. The van der Waals surface area contributed by atoms with Crippen molar-refractivity contribution in [3.63, 3.8) is 0 Å². The van der Waals surface area contributed by atoms with Crippen LogP contribution in [0.5, 0.6) is 11.5 Å². The van der Waals surface area contributed by atoms with Gasteiger partial charge in [0, 0.05) is 16.1 Å². The zero-order valence-electron chi connectivity index (χ0n) is 10.2. The molecule has 6 heteroatoms. The number of carbonyl (C=O) groups excluding carboxylic acids is 1. The van der Waals surface area contributed by atoms with Gasteiger partial charge in [-0.2, -0.15) is 0 Å². The van der Waals surface area contributed by atoms with Gasteiger partial charge in [0.2, 0.25) is 0 Å². The topological polar surface area (TPSA) is 26.3 Å². The summed E-state index contributed by atoms with van der Waals surface area (Å²) in [6.45, 7) is 1.36. The normalized spacial score (nSPS) is 10.4. The van der Waals surface area contributed by atoms with Crippen LogP contribution >= 0.6 is 39.1 Å². The van der Waals surface area contributed by atoms with Crippen LogP contribution in [0, 0.1) is 5.82 Å².